The van der Waals surface area contributed by atoms with E-state index in [4.69, 9.17) is 9.47 Å². The third kappa shape index (κ3) is 5.28. The number of ether oxygens (including phenoxy) is 2. The quantitative estimate of drug-likeness (QED) is 0.500. The van der Waals surface area contributed by atoms with Gasteiger partial charge in [0.15, 0.2) is 11.5 Å². The van der Waals surface area contributed by atoms with Crippen LogP contribution in [-0.2, 0) is 19.3 Å². The van der Waals surface area contributed by atoms with E-state index < -0.39 is 0 Å². The highest BCUT2D eigenvalue weighted by atomic mass is 79.9. The first kappa shape index (κ1) is 21.4. The zero-order chi connectivity index (χ0) is 21.8. The van der Waals surface area contributed by atoms with Crippen molar-refractivity contribution < 1.29 is 14.3 Å². The van der Waals surface area contributed by atoms with Crippen LogP contribution in [0.5, 0.6) is 11.5 Å². The Morgan fingerprint density at radius 2 is 1.87 bits per heavy atom. The molecule has 1 amide bonds. The standard InChI is InChI=1S/C26H26BrNO3/c1-17-4-3-5-18(12-17)10-11-31-25-16-20(7-9-24(25)30-2)26(29)28-23-14-19-6-8-22(27)13-21(19)15-23/h3-9,12-13,16,23H,10-11,14-15H2,1-2H3,(H,28,29). The summed E-state index contributed by atoms with van der Waals surface area (Å²) in [5.41, 5.74) is 5.61. The summed E-state index contributed by atoms with van der Waals surface area (Å²) in [5, 5.41) is 3.16. The molecule has 1 atom stereocenters. The smallest absolute Gasteiger partial charge is 0.251 e. The fourth-order valence-electron chi connectivity index (χ4n) is 4.03. The molecule has 1 N–H and O–H groups in total. The Bertz CT molecular complexity index is 1100. The lowest BCUT2D eigenvalue weighted by Crippen LogP contribution is -2.35. The van der Waals surface area contributed by atoms with Crippen molar-refractivity contribution >= 4 is 21.8 Å². The van der Waals surface area contributed by atoms with Crippen molar-refractivity contribution in [1.29, 1.82) is 0 Å². The molecule has 1 unspecified atom stereocenters. The van der Waals surface area contributed by atoms with Crippen LogP contribution in [0.2, 0.25) is 0 Å². The Kier molecular flexibility index (Phi) is 6.62. The summed E-state index contributed by atoms with van der Waals surface area (Å²) in [6, 6.07) is 20.1. The Balaban J connectivity index is 1.40. The third-order valence-corrected chi connectivity index (χ3v) is 6.09. The molecule has 0 saturated carbocycles. The lowest BCUT2D eigenvalue weighted by Gasteiger charge is -2.15. The van der Waals surface area contributed by atoms with Gasteiger partial charge in [0.25, 0.3) is 5.91 Å². The first-order valence-electron chi connectivity index (χ1n) is 10.5. The van der Waals surface area contributed by atoms with E-state index >= 15 is 0 Å². The van der Waals surface area contributed by atoms with Gasteiger partial charge in [-0.25, -0.2) is 0 Å². The monoisotopic (exact) mass is 479 g/mol. The van der Waals surface area contributed by atoms with Gasteiger partial charge in [0.2, 0.25) is 0 Å². The zero-order valence-electron chi connectivity index (χ0n) is 17.8. The second-order valence-corrected chi connectivity index (χ2v) is 8.86. The average Bonchev–Trinajstić information content (AvgIpc) is 3.15. The highest BCUT2D eigenvalue weighted by molar-refractivity contribution is 9.10. The molecule has 0 aliphatic heterocycles. The van der Waals surface area contributed by atoms with Gasteiger partial charge < -0.3 is 14.8 Å². The van der Waals surface area contributed by atoms with Crippen LogP contribution in [0.15, 0.2) is 65.1 Å². The molecule has 0 fully saturated rings. The number of carbonyl (C=O) groups excluding carboxylic acids is 1. The number of methoxy groups -OCH3 is 1. The molecule has 4 rings (SSSR count). The Hall–Kier alpha value is -2.79. The van der Waals surface area contributed by atoms with E-state index in [2.05, 4.69) is 64.6 Å². The predicted octanol–water partition coefficient (Wildman–Crippen LogP) is 5.28. The second kappa shape index (κ2) is 9.56. The number of benzene rings is 3. The summed E-state index contributed by atoms with van der Waals surface area (Å²) in [5.74, 6) is 1.11. The molecule has 1 aliphatic carbocycles. The predicted molar refractivity (Wildman–Crippen MR) is 126 cm³/mol. The molecule has 0 bridgehead atoms. The van der Waals surface area contributed by atoms with Gasteiger partial charge in [0, 0.05) is 22.5 Å². The fraction of sp³-hybridized carbons (Fsp3) is 0.269. The number of rotatable bonds is 7. The molecule has 3 aromatic rings. The van der Waals surface area contributed by atoms with Gasteiger partial charge in [-0.2, -0.15) is 0 Å². The molecule has 0 heterocycles. The van der Waals surface area contributed by atoms with Crippen LogP contribution in [0.3, 0.4) is 0 Å². The van der Waals surface area contributed by atoms with Gasteiger partial charge in [-0.1, -0.05) is 51.8 Å². The minimum atomic E-state index is -0.0944. The number of hydrogen-bond acceptors (Lipinski definition) is 3. The first-order chi connectivity index (χ1) is 15.0. The summed E-state index contributed by atoms with van der Waals surface area (Å²) in [6.45, 7) is 2.59. The van der Waals surface area contributed by atoms with Crippen molar-refractivity contribution in [2.24, 2.45) is 0 Å². The van der Waals surface area contributed by atoms with E-state index in [0.717, 1.165) is 23.7 Å². The fourth-order valence-corrected chi connectivity index (χ4v) is 4.44. The van der Waals surface area contributed by atoms with Crippen LogP contribution < -0.4 is 14.8 Å². The number of amides is 1. The summed E-state index contributed by atoms with van der Waals surface area (Å²) < 4.78 is 12.5. The van der Waals surface area contributed by atoms with Gasteiger partial charge in [-0.3, -0.25) is 4.79 Å². The molecule has 0 aromatic heterocycles. The highest BCUT2D eigenvalue weighted by Crippen LogP contribution is 2.29. The maximum Gasteiger partial charge on any atom is 0.251 e. The average molecular weight is 480 g/mol. The van der Waals surface area contributed by atoms with E-state index in [1.807, 2.05) is 6.07 Å². The minimum Gasteiger partial charge on any atom is -0.493 e. The van der Waals surface area contributed by atoms with Gasteiger partial charge in [-0.15, -0.1) is 0 Å². The molecule has 0 spiro atoms. The normalized spacial score (nSPS) is 14.7. The lowest BCUT2D eigenvalue weighted by atomic mass is 10.1. The molecule has 5 heteroatoms. The number of halogens is 1. The molecule has 0 radical (unpaired) electrons. The van der Waals surface area contributed by atoms with E-state index in [9.17, 15) is 4.79 Å². The SMILES string of the molecule is COc1ccc(C(=O)NC2Cc3ccc(Br)cc3C2)cc1OCCc1cccc(C)c1. The van der Waals surface area contributed by atoms with Crippen molar-refractivity contribution in [3.63, 3.8) is 0 Å². The largest absolute Gasteiger partial charge is 0.493 e. The Labute approximate surface area is 191 Å². The maximum atomic E-state index is 12.9. The Morgan fingerprint density at radius 3 is 2.68 bits per heavy atom. The maximum absolute atomic E-state index is 12.9. The van der Waals surface area contributed by atoms with Gasteiger partial charge >= 0.3 is 0 Å². The van der Waals surface area contributed by atoms with Crippen LogP contribution in [0.1, 0.15) is 32.6 Å². The van der Waals surface area contributed by atoms with E-state index in [1.165, 1.54) is 22.3 Å². The number of hydrogen-bond donors (Lipinski definition) is 1. The second-order valence-electron chi connectivity index (χ2n) is 7.94. The summed E-state index contributed by atoms with van der Waals surface area (Å²) >= 11 is 3.52. The van der Waals surface area contributed by atoms with Crippen molar-refractivity contribution in [3.8, 4) is 11.5 Å². The van der Waals surface area contributed by atoms with Crippen molar-refractivity contribution in [3.05, 3.63) is 93.0 Å². The molecular weight excluding hydrogens is 454 g/mol. The van der Waals surface area contributed by atoms with E-state index in [1.54, 1.807) is 25.3 Å². The first-order valence-corrected chi connectivity index (χ1v) is 11.3. The number of aryl methyl sites for hydroxylation is 1. The van der Waals surface area contributed by atoms with Crippen molar-refractivity contribution in [2.75, 3.05) is 13.7 Å². The molecule has 31 heavy (non-hydrogen) atoms. The molecule has 3 aromatic carbocycles. The lowest BCUT2D eigenvalue weighted by molar-refractivity contribution is 0.0938. The molecule has 1 aliphatic rings. The van der Waals surface area contributed by atoms with Gasteiger partial charge in [0.1, 0.15) is 0 Å². The Morgan fingerprint density at radius 1 is 1.03 bits per heavy atom. The van der Waals surface area contributed by atoms with E-state index in [0.29, 0.717) is 23.7 Å². The molecule has 160 valence electrons. The summed E-state index contributed by atoms with van der Waals surface area (Å²) in [6.07, 6.45) is 2.48. The van der Waals surface area contributed by atoms with Crippen molar-refractivity contribution in [2.45, 2.75) is 32.2 Å². The van der Waals surface area contributed by atoms with Crippen LogP contribution in [0.4, 0.5) is 0 Å². The number of carbonyl (C=O) groups is 1. The van der Waals surface area contributed by atoms with Crippen LogP contribution >= 0.6 is 15.9 Å². The van der Waals surface area contributed by atoms with Gasteiger partial charge in [-0.05, 0) is 66.8 Å². The minimum absolute atomic E-state index is 0.0944. The summed E-state index contributed by atoms with van der Waals surface area (Å²) in [7, 11) is 1.61. The molecular formula is C26H26BrNO3. The molecule has 0 saturated heterocycles. The van der Waals surface area contributed by atoms with Crippen LogP contribution in [0, 0.1) is 6.92 Å². The highest BCUT2D eigenvalue weighted by Gasteiger charge is 2.24. The third-order valence-electron chi connectivity index (χ3n) is 5.59. The van der Waals surface area contributed by atoms with Crippen molar-refractivity contribution in [1.82, 2.24) is 5.32 Å². The number of nitrogens with one attached hydrogen (secondary N) is 1. The molecule has 4 nitrogen and oxygen atoms in total. The topological polar surface area (TPSA) is 47.6 Å². The van der Waals surface area contributed by atoms with Crippen LogP contribution in [-0.4, -0.2) is 25.7 Å². The van der Waals surface area contributed by atoms with Gasteiger partial charge in [0.05, 0.1) is 13.7 Å². The number of fused-ring (bicyclic) bond motifs is 1. The van der Waals surface area contributed by atoms with Crippen LogP contribution in [0.25, 0.3) is 0 Å². The zero-order valence-corrected chi connectivity index (χ0v) is 19.4. The van der Waals surface area contributed by atoms with E-state index in [-0.39, 0.29) is 11.9 Å². The summed E-state index contributed by atoms with van der Waals surface area (Å²) in [4.78, 5) is 12.9.